The maximum atomic E-state index is 6.02. The SMILES string of the molecule is C=NN(C)c1ccc(Nc2nc(-c3cccc(OCC4OC4NC(C)C)c3)nc3ccccc23)cc1C. The van der Waals surface area contributed by atoms with Gasteiger partial charge in [-0.1, -0.05) is 24.3 Å². The maximum absolute atomic E-state index is 6.02. The van der Waals surface area contributed by atoms with Gasteiger partial charge in [0.1, 0.15) is 30.5 Å². The summed E-state index contributed by atoms with van der Waals surface area (Å²) in [5.74, 6) is 2.12. The van der Waals surface area contributed by atoms with E-state index in [0.717, 1.165) is 45.0 Å². The van der Waals surface area contributed by atoms with Gasteiger partial charge in [0, 0.05) is 36.4 Å². The third kappa shape index (κ3) is 5.71. The quantitative estimate of drug-likeness (QED) is 0.170. The van der Waals surface area contributed by atoms with Crippen molar-refractivity contribution < 1.29 is 9.47 Å². The summed E-state index contributed by atoms with van der Waals surface area (Å²) in [6.45, 7) is 10.4. The van der Waals surface area contributed by atoms with E-state index >= 15 is 0 Å². The lowest BCUT2D eigenvalue weighted by molar-refractivity contribution is 0.257. The maximum Gasteiger partial charge on any atom is 0.162 e. The molecule has 0 aliphatic carbocycles. The van der Waals surface area contributed by atoms with Crippen molar-refractivity contribution in [1.29, 1.82) is 0 Å². The molecule has 1 saturated heterocycles. The van der Waals surface area contributed by atoms with E-state index in [-0.39, 0.29) is 12.3 Å². The summed E-state index contributed by atoms with van der Waals surface area (Å²) in [4.78, 5) is 9.75. The molecule has 1 aliphatic heterocycles. The highest BCUT2D eigenvalue weighted by Gasteiger charge is 2.39. The first kappa shape index (κ1) is 24.7. The smallest absolute Gasteiger partial charge is 0.162 e. The summed E-state index contributed by atoms with van der Waals surface area (Å²) < 4.78 is 11.7. The number of benzene rings is 3. The van der Waals surface area contributed by atoms with Crippen LogP contribution in [0.3, 0.4) is 0 Å². The Balaban J connectivity index is 1.40. The van der Waals surface area contributed by atoms with Gasteiger partial charge in [0.15, 0.2) is 5.82 Å². The Kier molecular flexibility index (Phi) is 7.03. The number of ether oxygens (including phenoxy) is 2. The molecule has 37 heavy (non-hydrogen) atoms. The van der Waals surface area contributed by atoms with Crippen molar-refractivity contribution in [1.82, 2.24) is 15.3 Å². The first-order chi connectivity index (χ1) is 17.9. The van der Waals surface area contributed by atoms with E-state index in [1.54, 1.807) is 5.01 Å². The largest absolute Gasteiger partial charge is 0.491 e. The Morgan fingerprint density at radius 1 is 1.08 bits per heavy atom. The minimum Gasteiger partial charge on any atom is -0.491 e. The molecule has 1 aromatic heterocycles. The van der Waals surface area contributed by atoms with Crippen LogP contribution in [0.15, 0.2) is 71.8 Å². The van der Waals surface area contributed by atoms with E-state index in [9.17, 15) is 0 Å². The zero-order chi connectivity index (χ0) is 25.9. The summed E-state index contributed by atoms with van der Waals surface area (Å²) in [5.41, 5.74) is 4.74. The van der Waals surface area contributed by atoms with Gasteiger partial charge in [-0.05, 0) is 68.8 Å². The molecule has 190 valence electrons. The molecule has 3 aromatic carbocycles. The summed E-state index contributed by atoms with van der Waals surface area (Å²) in [6, 6.07) is 22.3. The molecular weight excluding hydrogens is 464 g/mol. The van der Waals surface area contributed by atoms with Crippen molar-refractivity contribution in [2.75, 3.05) is 24.0 Å². The van der Waals surface area contributed by atoms with Crippen molar-refractivity contribution in [2.24, 2.45) is 5.10 Å². The normalized spacial score (nSPS) is 16.6. The van der Waals surface area contributed by atoms with Crippen LogP contribution in [0.2, 0.25) is 0 Å². The third-order valence-corrected chi connectivity index (χ3v) is 6.21. The van der Waals surface area contributed by atoms with Crippen molar-refractivity contribution in [2.45, 2.75) is 39.1 Å². The minimum absolute atomic E-state index is 0.0618. The molecule has 8 nitrogen and oxygen atoms in total. The third-order valence-electron chi connectivity index (χ3n) is 6.21. The number of aryl methyl sites for hydroxylation is 1. The Hall–Kier alpha value is -4.01. The number of nitrogens with zero attached hydrogens (tertiary/aromatic N) is 4. The highest BCUT2D eigenvalue weighted by atomic mass is 16.6. The van der Waals surface area contributed by atoms with Crippen LogP contribution in [0.5, 0.6) is 5.75 Å². The standard InChI is InChI=1S/C29H32N6O2/c1-18(2)31-29-26(37-29)17-36-22-10-8-9-20(16-22)27-33-24-12-7-6-11-23(24)28(34-27)32-21-13-14-25(19(3)15-21)35(5)30-4/h6-16,18,26,29,31H,4,17H2,1-3,5H3,(H,32,33,34). The van der Waals surface area contributed by atoms with E-state index in [0.29, 0.717) is 18.5 Å². The molecule has 0 amide bonds. The average Bonchev–Trinajstić information content (AvgIpc) is 3.64. The lowest BCUT2D eigenvalue weighted by Crippen LogP contribution is -2.28. The van der Waals surface area contributed by atoms with Gasteiger partial charge in [0.2, 0.25) is 0 Å². The average molecular weight is 497 g/mol. The predicted molar refractivity (Wildman–Crippen MR) is 150 cm³/mol. The molecule has 1 fully saturated rings. The van der Waals surface area contributed by atoms with E-state index in [1.807, 2.05) is 74.6 Å². The Morgan fingerprint density at radius 2 is 1.92 bits per heavy atom. The van der Waals surface area contributed by atoms with Crippen LogP contribution in [0.4, 0.5) is 17.2 Å². The number of para-hydroxylation sites is 1. The molecule has 1 aliphatic rings. The van der Waals surface area contributed by atoms with Gasteiger partial charge < -0.3 is 14.8 Å². The fraction of sp³-hybridized carbons (Fsp3) is 0.276. The summed E-state index contributed by atoms with van der Waals surface area (Å²) in [7, 11) is 1.88. The molecule has 0 radical (unpaired) electrons. The van der Waals surface area contributed by atoms with Crippen LogP contribution in [-0.2, 0) is 4.74 Å². The van der Waals surface area contributed by atoms with Crippen LogP contribution in [0.1, 0.15) is 19.4 Å². The van der Waals surface area contributed by atoms with Gasteiger partial charge in [0.25, 0.3) is 0 Å². The Bertz CT molecular complexity index is 1420. The van der Waals surface area contributed by atoms with Crippen LogP contribution >= 0.6 is 0 Å². The molecule has 2 unspecified atom stereocenters. The molecule has 0 saturated carbocycles. The number of rotatable bonds is 10. The Morgan fingerprint density at radius 3 is 2.70 bits per heavy atom. The second kappa shape index (κ2) is 10.5. The highest BCUT2D eigenvalue weighted by molar-refractivity contribution is 5.92. The van der Waals surface area contributed by atoms with Crippen LogP contribution < -0.4 is 20.4 Å². The fourth-order valence-corrected chi connectivity index (χ4v) is 4.26. The van der Waals surface area contributed by atoms with Crippen LogP contribution in [0.25, 0.3) is 22.3 Å². The van der Waals surface area contributed by atoms with E-state index in [2.05, 4.69) is 42.4 Å². The number of epoxide rings is 1. The first-order valence-corrected chi connectivity index (χ1v) is 12.4. The number of hydrogen-bond donors (Lipinski definition) is 2. The van der Waals surface area contributed by atoms with E-state index < -0.39 is 0 Å². The molecule has 0 bridgehead atoms. The lowest BCUT2D eigenvalue weighted by Gasteiger charge is -2.17. The van der Waals surface area contributed by atoms with Gasteiger partial charge in [-0.25, -0.2) is 9.97 Å². The van der Waals surface area contributed by atoms with Crippen LogP contribution in [0, 0.1) is 6.92 Å². The van der Waals surface area contributed by atoms with Crippen molar-refractivity contribution in [3.8, 4) is 17.1 Å². The fourth-order valence-electron chi connectivity index (χ4n) is 4.26. The number of fused-ring (bicyclic) bond motifs is 1. The second-order valence-corrected chi connectivity index (χ2v) is 9.46. The van der Waals surface area contributed by atoms with Gasteiger partial charge in [-0.2, -0.15) is 5.10 Å². The van der Waals surface area contributed by atoms with Crippen LogP contribution in [-0.4, -0.2) is 48.7 Å². The molecule has 4 aromatic rings. The molecule has 2 heterocycles. The second-order valence-electron chi connectivity index (χ2n) is 9.46. The highest BCUT2D eigenvalue weighted by Crippen LogP contribution is 2.31. The van der Waals surface area contributed by atoms with Crippen molar-refractivity contribution in [3.05, 3.63) is 72.3 Å². The number of hydrazone groups is 1. The molecule has 0 spiro atoms. The summed E-state index contributed by atoms with van der Waals surface area (Å²) in [5, 5.41) is 13.5. The molecule has 8 heteroatoms. The lowest BCUT2D eigenvalue weighted by atomic mass is 10.1. The van der Waals surface area contributed by atoms with Crippen molar-refractivity contribution >= 4 is 34.8 Å². The Labute approximate surface area is 217 Å². The summed E-state index contributed by atoms with van der Waals surface area (Å²) >= 11 is 0. The van der Waals surface area contributed by atoms with Gasteiger partial charge in [-0.15, -0.1) is 0 Å². The zero-order valence-corrected chi connectivity index (χ0v) is 21.6. The molecular formula is C29H32N6O2. The predicted octanol–water partition coefficient (Wildman–Crippen LogP) is 5.50. The van der Waals surface area contributed by atoms with Crippen molar-refractivity contribution in [3.63, 3.8) is 0 Å². The minimum atomic E-state index is 0.0618. The molecule has 2 N–H and O–H groups in total. The van der Waals surface area contributed by atoms with Gasteiger partial charge in [0.05, 0.1) is 11.2 Å². The monoisotopic (exact) mass is 496 g/mol. The molecule has 2 atom stereocenters. The topological polar surface area (TPSA) is 87.2 Å². The number of nitrogens with one attached hydrogen (secondary N) is 2. The van der Waals surface area contributed by atoms with E-state index in [4.69, 9.17) is 19.4 Å². The summed E-state index contributed by atoms with van der Waals surface area (Å²) in [6.07, 6.45) is 0.127. The first-order valence-electron chi connectivity index (χ1n) is 12.4. The zero-order valence-electron chi connectivity index (χ0n) is 21.6. The number of aromatic nitrogens is 2. The molecule has 5 rings (SSSR count). The number of anilines is 3. The number of hydrogen-bond acceptors (Lipinski definition) is 8. The van der Waals surface area contributed by atoms with Gasteiger partial charge >= 0.3 is 0 Å². The van der Waals surface area contributed by atoms with Gasteiger partial charge in [-0.3, -0.25) is 10.3 Å². The van der Waals surface area contributed by atoms with E-state index in [1.165, 1.54) is 0 Å².